The van der Waals surface area contributed by atoms with Crippen LogP contribution in [0.4, 0.5) is 5.95 Å². The van der Waals surface area contributed by atoms with E-state index in [0.717, 1.165) is 17.7 Å². The quantitative estimate of drug-likeness (QED) is 0.814. The van der Waals surface area contributed by atoms with Gasteiger partial charge in [0.25, 0.3) is 11.5 Å². The van der Waals surface area contributed by atoms with Gasteiger partial charge in [-0.3, -0.25) is 19.6 Å². The van der Waals surface area contributed by atoms with E-state index in [1.807, 2.05) is 24.3 Å². The molecule has 29 heavy (non-hydrogen) atoms. The maximum atomic E-state index is 12.4. The minimum atomic E-state index is -0.491. The summed E-state index contributed by atoms with van der Waals surface area (Å²) in [6.07, 6.45) is 14.0. The average molecular weight is 390 g/mol. The molecule has 2 aromatic rings. The van der Waals surface area contributed by atoms with E-state index >= 15 is 0 Å². The van der Waals surface area contributed by atoms with Crippen LogP contribution in [-0.4, -0.2) is 33.6 Å². The van der Waals surface area contributed by atoms with Gasteiger partial charge in [0, 0.05) is 49.7 Å². The van der Waals surface area contributed by atoms with Gasteiger partial charge in [-0.05, 0) is 17.5 Å². The molecule has 1 aliphatic heterocycles. The van der Waals surface area contributed by atoms with Gasteiger partial charge in [-0.2, -0.15) is 5.10 Å². The second kappa shape index (κ2) is 8.22. The van der Waals surface area contributed by atoms with Crippen LogP contribution in [0.1, 0.15) is 40.9 Å². The number of hydrogen-bond acceptors (Lipinski definition) is 6. The molecule has 8 heteroatoms. The molecular weight excluding hydrogens is 368 g/mol. The summed E-state index contributed by atoms with van der Waals surface area (Å²) in [5.41, 5.74) is 1.33. The first-order chi connectivity index (χ1) is 14.1. The number of nitrogens with zero attached hydrogens (tertiary/aromatic N) is 4. The molecule has 148 valence electrons. The fourth-order valence-electron chi connectivity index (χ4n) is 3.33. The Kier molecular flexibility index (Phi) is 5.33. The largest absolute Gasteiger partial charge is 0.348 e. The van der Waals surface area contributed by atoms with Crippen molar-refractivity contribution in [1.82, 2.24) is 20.3 Å². The Morgan fingerprint density at radius 2 is 2.10 bits per heavy atom. The first-order valence-corrected chi connectivity index (χ1v) is 9.59. The topological polar surface area (TPSA) is 103 Å². The Morgan fingerprint density at radius 3 is 2.79 bits per heavy atom. The number of aromatic amines is 1. The highest BCUT2D eigenvalue weighted by molar-refractivity contribution is 5.93. The van der Waals surface area contributed by atoms with Crippen molar-refractivity contribution in [2.24, 2.45) is 11.0 Å². The van der Waals surface area contributed by atoms with E-state index in [-0.39, 0.29) is 18.0 Å². The number of hydrazone groups is 1. The van der Waals surface area contributed by atoms with Crippen LogP contribution in [0.25, 0.3) is 0 Å². The highest BCUT2D eigenvalue weighted by Crippen LogP contribution is 2.28. The predicted octanol–water partition coefficient (Wildman–Crippen LogP) is 2.14. The van der Waals surface area contributed by atoms with Crippen LogP contribution >= 0.6 is 0 Å². The molecule has 4 rings (SSSR count). The summed E-state index contributed by atoms with van der Waals surface area (Å²) < 4.78 is 0. The van der Waals surface area contributed by atoms with Crippen LogP contribution in [0.2, 0.25) is 0 Å². The number of amides is 1. The minimum Gasteiger partial charge on any atom is -0.348 e. The molecular formula is C21H22N6O2. The summed E-state index contributed by atoms with van der Waals surface area (Å²) in [6.45, 7) is 3.09. The van der Waals surface area contributed by atoms with E-state index in [9.17, 15) is 9.59 Å². The average Bonchev–Trinajstić information content (AvgIpc) is 3.28. The van der Waals surface area contributed by atoms with Gasteiger partial charge in [0.15, 0.2) is 0 Å². The summed E-state index contributed by atoms with van der Waals surface area (Å²) in [5, 5.41) is 8.44. The predicted molar refractivity (Wildman–Crippen MR) is 111 cm³/mol. The van der Waals surface area contributed by atoms with Crippen molar-refractivity contribution < 1.29 is 4.79 Å². The monoisotopic (exact) mass is 390 g/mol. The molecule has 2 unspecified atom stereocenters. The molecule has 2 N–H and O–H groups in total. The number of aromatic nitrogens is 3. The fraction of sp³-hybridized carbons (Fsp3) is 0.286. The molecule has 1 aliphatic carbocycles. The second-order valence-electron chi connectivity index (χ2n) is 7.09. The van der Waals surface area contributed by atoms with E-state index in [2.05, 4.69) is 44.4 Å². The van der Waals surface area contributed by atoms with Crippen molar-refractivity contribution in [3.05, 3.63) is 76.0 Å². The molecule has 2 aliphatic rings. The van der Waals surface area contributed by atoms with Gasteiger partial charge in [0.2, 0.25) is 5.95 Å². The molecule has 0 aromatic carbocycles. The van der Waals surface area contributed by atoms with Gasteiger partial charge in [-0.25, -0.2) is 9.99 Å². The summed E-state index contributed by atoms with van der Waals surface area (Å²) in [6, 6.07) is 3.92. The maximum Gasteiger partial charge on any atom is 0.265 e. The SMILES string of the molecule is CC1C=CC=CC1c1ccc(CNC(=O)c2cnc(N3CCC=N3)[nH]c2=O)cn1. The van der Waals surface area contributed by atoms with E-state index in [1.54, 1.807) is 17.4 Å². The zero-order valence-corrected chi connectivity index (χ0v) is 16.1. The summed E-state index contributed by atoms with van der Waals surface area (Å²) in [4.78, 5) is 35.9. The number of anilines is 1. The van der Waals surface area contributed by atoms with Crippen LogP contribution in [0.3, 0.4) is 0 Å². The van der Waals surface area contributed by atoms with E-state index in [4.69, 9.17) is 0 Å². The first-order valence-electron chi connectivity index (χ1n) is 9.59. The van der Waals surface area contributed by atoms with Crippen LogP contribution in [-0.2, 0) is 6.54 Å². The van der Waals surface area contributed by atoms with E-state index in [0.29, 0.717) is 18.4 Å². The Labute approximate surface area is 168 Å². The van der Waals surface area contributed by atoms with Gasteiger partial charge in [-0.15, -0.1) is 0 Å². The highest BCUT2D eigenvalue weighted by Gasteiger charge is 2.18. The molecule has 0 spiro atoms. The summed E-state index contributed by atoms with van der Waals surface area (Å²) >= 11 is 0. The standard InChI is InChI=1S/C21H22N6O2/c1-14-5-2-3-6-16(14)18-8-7-15(11-22-18)12-23-19(28)17-13-24-21(26-20(17)29)27-10-4-9-25-27/h2-3,5-9,11,13-14,16H,4,10,12H2,1H3,(H,23,28)(H,24,26,29). The Morgan fingerprint density at radius 1 is 1.24 bits per heavy atom. The van der Waals surface area contributed by atoms with Gasteiger partial charge >= 0.3 is 0 Å². The molecule has 8 nitrogen and oxygen atoms in total. The first kappa shape index (κ1) is 18.8. The number of hydrogen-bond donors (Lipinski definition) is 2. The third-order valence-electron chi connectivity index (χ3n) is 5.02. The molecule has 2 atom stereocenters. The van der Waals surface area contributed by atoms with Crippen LogP contribution in [0, 0.1) is 5.92 Å². The van der Waals surface area contributed by atoms with Crippen molar-refractivity contribution in [2.75, 3.05) is 11.6 Å². The van der Waals surface area contributed by atoms with Crippen molar-refractivity contribution in [3.63, 3.8) is 0 Å². The summed E-state index contributed by atoms with van der Waals surface area (Å²) in [5.74, 6) is 0.507. The molecule has 0 fully saturated rings. The van der Waals surface area contributed by atoms with Crippen molar-refractivity contribution in [1.29, 1.82) is 0 Å². The molecule has 2 aromatic heterocycles. The van der Waals surface area contributed by atoms with Crippen molar-refractivity contribution in [2.45, 2.75) is 25.8 Å². The lowest BCUT2D eigenvalue weighted by molar-refractivity contribution is 0.0949. The minimum absolute atomic E-state index is 0.0329. The Balaban J connectivity index is 1.38. The van der Waals surface area contributed by atoms with Gasteiger partial charge in [0.1, 0.15) is 5.56 Å². The van der Waals surface area contributed by atoms with Crippen LogP contribution in [0.5, 0.6) is 0 Å². The molecule has 0 saturated carbocycles. The lowest BCUT2D eigenvalue weighted by Gasteiger charge is -2.20. The Bertz CT molecular complexity index is 1040. The lowest BCUT2D eigenvalue weighted by atomic mass is 9.87. The number of nitrogens with one attached hydrogen (secondary N) is 2. The highest BCUT2D eigenvalue weighted by atomic mass is 16.2. The van der Waals surface area contributed by atoms with Crippen LogP contribution < -0.4 is 15.9 Å². The molecule has 0 bridgehead atoms. The second-order valence-corrected chi connectivity index (χ2v) is 7.09. The number of pyridine rings is 1. The molecule has 3 heterocycles. The maximum absolute atomic E-state index is 12.4. The van der Waals surface area contributed by atoms with Crippen molar-refractivity contribution in [3.8, 4) is 0 Å². The number of allylic oxidation sites excluding steroid dienone is 4. The third-order valence-corrected chi connectivity index (χ3v) is 5.02. The van der Waals surface area contributed by atoms with Gasteiger partial charge in [0.05, 0.1) is 0 Å². The smallest absolute Gasteiger partial charge is 0.265 e. The summed E-state index contributed by atoms with van der Waals surface area (Å²) in [7, 11) is 0. The normalized spacial score (nSPS) is 20.2. The van der Waals surface area contributed by atoms with E-state index < -0.39 is 11.5 Å². The zero-order valence-electron chi connectivity index (χ0n) is 16.1. The van der Waals surface area contributed by atoms with Crippen LogP contribution in [0.15, 0.2) is 58.7 Å². The van der Waals surface area contributed by atoms with Gasteiger partial charge in [-0.1, -0.05) is 37.3 Å². The molecule has 1 amide bonds. The zero-order chi connectivity index (χ0) is 20.2. The fourth-order valence-corrected chi connectivity index (χ4v) is 3.33. The van der Waals surface area contributed by atoms with E-state index in [1.165, 1.54) is 6.20 Å². The third kappa shape index (κ3) is 4.16. The Hall–Kier alpha value is -3.55. The molecule has 0 saturated heterocycles. The number of rotatable bonds is 5. The van der Waals surface area contributed by atoms with Gasteiger partial charge < -0.3 is 5.32 Å². The number of carbonyl (C=O) groups is 1. The molecule has 0 radical (unpaired) electrons. The number of carbonyl (C=O) groups excluding carboxylic acids is 1. The number of H-pyrrole nitrogens is 1. The van der Waals surface area contributed by atoms with Crippen molar-refractivity contribution >= 4 is 18.1 Å². The lowest BCUT2D eigenvalue weighted by Crippen LogP contribution is -2.31.